The average Bonchev–Trinajstić information content (AvgIpc) is 3.12. The van der Waals surface area contributed by atoms with Gasteiger partial charge in [-0.05, 0) is 62.0 Å². The van der Waals surface area contributed by atoms with Gasteiger partial charge in [0.15, 0.2) is 5.11 Å². The summed E-state index contributed by atoms with van der Waals surface area (Å²) in [4.78, 5) is 6.58. The first-order valence-electron chi connectivity index (χ1n) is 8.87. The lowest BCUT2D eigenvalue weighted by Gasteiger charge is -2.24. The molecular weight excluding hydrogens is 359 g/mol. The molecule has 0 spiro atoms. The van der Waals surface area contributed by atoms with Gasteiger partial charge >= 0.3 is 0 Å². The topological polar surface area (TPSA) is 33.1 Å². The van der Waals surface area contributed by atoms with Crippen LogP contribution < -0.4 is 5.32 Å². The highest BCUT2D eigenvalue weighted by Gasteiger charge is 2.39. The number of rotatable bonds is 3. The number of halogens is 1. The predicted molar refractivity (Wildman–Crippen MR) is 108 cm³/mol. The van der Waals surface area contributed by atoms with Crippen LogP contribution in [0.2, 0.25) is 0 Å². The molecule has 2 aromatic heterocycles. The first-order valence-corrected chi connectivity index (χ1v) is 9.28. The lowest BCUT2D eigenvalue weighted by molar-refractivity contribution is 0.367. The second-order valence-corrected chi connectivity index (χ2v) is 7.24. The first-order chi connectivity index (χ1) is 13.0. The molecule has 3 aromatic rings. The van der Waals surface area contributed by atoms with Crippen LogP contribution in [0.4, 0.5) is 4.39 Å². The SMILES string of the molecule is Cc1cc([C@H]2[C@@H](c3ccccn3)NC(=S)N2C)c(C)n1-c1ccccc1F. The minimum atomic E-state index is -0.236. The van der Waals surface area contributed by atoms with Crippen molar-refractivity contribution < 1.29 is 4.39 Å². The molecule has 1 fully saturated rings. The van der Waals surface area contributed by atoms with Crippen LogP contribution >= 0.6 is 12.2 Å². The van der Waals surface area contributed by atoms with Gasteiger partial charge in [0.2, 0.25) is 0 Å². The molecule has 1 aliphatic heterocycles. The van der Waals surface area contributed by atoms with E-state index in [0.717, 1.165) is 22.6 Å². The second kappa shape index (κ2) is 6.78. The number of likely N-dealkylation sites (N-methyl/N-ethyl adjacent to an activating group) is 1. The van der Waals surface area contributed by atoms with Gasteiger partial charge < -0.3 is 14.8 Å². The Hall–Kier alpha value is -2.73. The molecular formula is C21H21FN4S. The van der Waals surface area contributed by atoms with Gasteiger partial charge in [-0.25, -0.2) is 4.39 Å². The number of nitrogens with zero attached hydrogens (tertiary/aromatic N) is 3. The molecule has 2 atom stereocenters. The number of para-hydroxylation sites is 1. The summed E-state index contributed by atoms with van der Waals surface area (Å²) >= 11 is 5.51. The van der Waals surface area contributed by atoms with E-state index < -0.39 is 0 Å². The van der Waals surface area contributed by atoms with Crippen molar-refractivity contribution in [3.05, 3.63) is 83.2 Å². The Morgan fingerprint density at radius 1 is 1.11 bits per heavy atom. The van der Waals surface area contributed by atoms with E-state index in [-0.39, 0.29) is 17.9 Å². The molecule has 0 unspecified atom stereocenters. The lowest BCUT2D eigenvalue weighted by atomic mass is 9.97. The average molecular weight is 380 g/mol. The number of aryl methyl sites for hydroxylation is 1. The van der Waals surface area contributed by atoms with Crippen LogP contribution in [0.5, 0.6) is 0 Å². The molecule has 1 N–H and O–H groups in total. The summed E-state index contributed by atoms with van der Waals surface area (Å²) in [5.41, 5.74) is 4.59. The number of nitrogens with one attached hydrogen (secondary N) is 1. The van der Waals surface area contributed by atoms with Crippen LogP contribution in [-0.4, -0.2) is 26.6 Å². The third-order valence-electron chi connectivity index (χ3n) is 5.22. The summed E-state index contributed by atoms with van der Waals surface area (Å²) in [6.07, 6.45) is 1.79. The van der Waals surface area contributed by atoms with Crippen molar-refractivity contribution in [2.24, 2.45) is 0 Å². The maximum absolute atomic E-state index is 14.4. The maximum Gasteiger partial charge on any atom is 0.169 e. The normalized spacial score (nSPS) is 19.4. The van der Waals surface area contributed by atoms with Crippen molar-refractivity contribution in [2.45, 2.75) is 25.9 Å². The largest absolute Gasteiger partial charge is 0.352 e. The third-order valence-corrected chi connectivity index (χ3v) is 5.63. The molecule has 27 heavy (non-hydrogen) atoms. The second-order valence-electron chi connectivity index (χ2n) is 6.85. The molecule has 6 heteroatoms. The number of benzene rings is 1. The zero-order valence-corrected chi connectivity index (χ0v) is 16.3. The van der Waals surface area contributed by atoms with Crippen LogP contribution in [0.15, 0.2) is 54.7 Å². The third kappa shape index (κ3) is 2.90. The summed E-state index contributed by atoms with van der Waals surface area (Å²) in [7, 11) is 1.98. The van der Waals surface area contributed by atoms with Crippen LogP contribution in [0.1, 0.15) is 34.7 Å². The number of pyridine rings is 1. The summed E-state index contributed by atoms with van der Waals surface area (Å²) in [5, 5.41) is 4.07. The van der Waals surface area contributed by atoms with Crippen LogP contribution in [-0.2, 0) is 0 Å². The molecule has 1 saturated heterocycles. The Kier molecular flexibility index (Phi) is 4.44. The molecule has 0 bridgehead atoms. The van der Waals surface area contributed by atoms with Gasteiger partial charge in [0.05, 0.1) is 23.5 Å². The molecule has 4 nitrogen and oxygen atoms in total. The molecule has 138 valence electrons. The van der Waals surface area contributed by atoms with Crippen molar-refractivity contribution in [3.63, 3.8) is 0 Å². The first kappa shape index (κ1) is 17.7. The Labute approximate surface area is 163 Å². The minimum absolute atomic E-state index is 0.0147. The van der Waals surface area contributed by atoms with Gasteiger partial charge in [0, 0.05) is 24.6 Å². The molecule has 3 heterocycles. The Morgan fingerprint density at radius 3 is 2.56 bits per heavy atom. The van der Waals surface area contributed by atoms with E-state index in [2.05, 4.69) is 21.3 Å². The van der Waals surface area contributed by atoms with Crippen molar-refractivity contribution in [2.75, 3.05) is 7.05 Å². The van der Waals surface area contributed by atoms with Crippen molar-refractivity contribution in [1.82, 2.24) is 19.8 Å². The van der Waals surface area contributed by atoms with Gasteiger partial charge in [-0.3, -0.25) is 4.98 Å². The zero-order valence-electron chi connectivity index (χ0n) is 15.5. The zero-order chi connectivity index (χ0) is 19.1. The smallest absolute Gasteiger partial charge is 0.169 e. The molecule has 1 aliphatic rings. The number of hydrogen-bond acceptors (Lipinski definition) is 2. The van der Waals surface area contributed by atoms with Crippen molar-refractivity contribution >= 4 is 17.3 Å². The van der Waals surface area contributed by atoms with Gasteiger partial charge in [0.25, 0.3) is 0 Å². The van der Waals surface area contributed by atoms with Crippen LogP contribution in [0.25, 0.3) is 5.69 Å². The van der Waals surface area contributed by atoms with E-state index in [1.807, 2.05) is 49.7 Å². The molecule has 0 aliphatic carbocycles. The number of hydrogen-bond donors (Lipinski definition) is 1. The highest BCUT2D eigenvalue weighted by atomic mass is 32.1. The molecule has 0 amide bonds. The Morgan fingerprint density at radius 2 is 1.85 bits per heavy atom. The van der Waals surface area contributed by atoms with E-state index in [0.29, 0.717) is 10.8 Å². The molecule has 1 aromatic carbocycles. The number of thiocarbonyl (C=S) groups is 1. The highest BCUT2D eigenvalue weighted by Crippen LogP contribution is 2.40. The van der Waals surface area contributed by atoms with Crippen molar-refractivity contribution in [3.8, 4) is 5.69 Å². The number of aromatic nitrogens is 2. The van der Waals surface area contributed by atoms with Crippen molar-refractivity contribution in [1.29, 1.82) is 0 Å². The molecule has 0 saturated carbocycles. The van der Waals surface area contributed by atoms with Crippen LogP contribution in [0, 0.1) is 19.7 Å². The summed E-state index contributed by atoms with van der Waals surface area (Å²) in [6.45, 7) is 4.03. The van der Waals surface area contributed by atoms with Gasteiger partial charge in [-0.1, -0.05) is 18.2 Å². The fourth-order valence-corrected chi connectivity index (χ4v) is 4.18. The Balaban J connectivity index is 1.84. The van der Waals surface area contributed by atoms with E-state index >= 15 is 0 Å². The predicted octanol–water partition coefficient (Wildman–Crippen LogP) is 4.23. The van der Waals surface area contributed by atoms with E-state index in [1.165, 1.54) is 6.07 Å². The van der Waals surface area contributed by atoms with Gasteiger partial charge in [-0.15, -0.1) is 0 Å². The maximum atomic E-state index is 14.4. The quantitative estimate of drug-likeness (QED) is 0.690. The van der Waals surface area contributed by atoms with Gasteiger partial charge in [0.1, 0.15) is 5.82 Å². The van der Waals surface area contributed by atoms with Crippen LogP contribution in [0.3, 0.4) is 0 Å². The molecule has 0 radical (unpaired) electrons. The summed E-state index contributed by atoms with van der Waals surface area (Å²) < 4.78 is 16.4. The minimum Gasteiger partial charge on any atom is -0.352 e. The summed E-state index contributed by atoms with van der Waals surface area (Å²) in [6, 6.07) is 14.8. The van der Waals surface area contributed by atoms with E-state index in [4.69, 9.17) is 12.2 Å². The summed E-state index contributed by atoms with van der Waals surface area (Å²) in [5.74, 6) is -0.236. The monoisotopic (exact) mass is 380 g/mol. The fraction of sp³-hybridized carbons (Fsp3) is 0.238. The molecule has 4 rings (SSSR count). The lowest BCUT2D eigenvalue weighted by Crippen LogP contribution is -2.25. The highest BCUT2D eigenvalue weighted by molar-refractivity contribution is 7.80. The van der Waals surface area contributed by atoms with E-state index in [1.54, 1.807) is 18.3 Å². The van der Waals surface area contributed by atoms with Gasteiger partial charge in [-0.2, -0.15) is 0 Å². The van der Waals surface area contributed by atoms with E-state index in [9.17, 15) is 4.39 Å². The standard InChI is InChI=1S/C21H21FN4S/c1-13-12-15(14(2)26(13)18-10-5-4-8-16(18)22)20-19(24-21(27)25(20)3)17-9-6-7-11-23-17/h4-12,19-20H,1-3H3,(H,24,27)/t19-,20+/m1/s1. The Bertz CT molecular complexity index is 999. The fourth-order valence-electron chi connectivity index (χ4n) is 3.94.